The zero-order chi connectivity index (χ0) is 15.2. The quantitative estimate of drug-likeness (QED) is 0.919. The van der Waals surface area contributed by atoms with Gasteiger partial charge in [-0.1, -0.05) is 30.3 Å². The van der Waals surface area contributed by atoms with Gasteiger partial charge in [0.15, 0.2) is 0 Å². The second kappa shape index (κ2) is 6.90. The van der Waals surface area contributed by atoms with E-state index in [0.29, 0.717) is 5.00 Å². The van der Waals surface area contributed by atoms with E-state index < -0.39 is 18.1 Å². The van der Waals surface area contributed by atoms with E-state index in [1.54, 1.807) is 17.5 Å². The average molecular weight is 305 g/mol. The number of ether oxygens (including phenoxy) is 1. The van der Waals surface area contributed by atoms with Crippen molar-refractivity contribution in [2.75, 3.05) is 4.90 Å². The van der Waals surface area contributed by atoms with Gasteiger partial charge >= 0.3 is 12.1 Å². The third-order valence-electron chi connectivity index (χ3n) is 2.89. The number of carbonyl (C=O) groups is 2. The van der Waals surface area contributed by atoms with Crippen LogP contribution >= 0.6 is 11.3 Å². The van der Waals surface area contributed by atoms with E-state index in [-0.39, 0.29) is 6.61 Å². The maximum Gasteiger partial charge on any atom is 0.416 e. The Morgan fingerprint density at radius 1 is 1.24 bits per heavy atom. The predicted octanol–water partition coefficient (Wildman–Crippen LogP) is 3.36. The Bertz CT molecular complexity index is 597. The van der Waals surface area contributed by atoms with E-state index in [4.69, 9.17) is 9.84 Å². The highest BCUT2D eigenvalue weighted by atomic mass is 32.1. The van der Waals surface area contributed by atoms with Gasteiger partial charge in [0.05, 0.1) is 0 Å². The van der Waals surface area contributed by atoms with Crippen LogP contribution in [0.5, 0.6) is 0 Å². The molecule has 21 heavy (non-hydrogen) atoms. The number of carboxylic acid groups (broad SMARTS) is 1. The molecule has 1 N–H and O–H groups in total. The van der Waals surface area contributed by atoms with Crippen molar-refractivity contribution in [2.45, 2.75) is 19.6 Å². The molecule has 1 amide bonds. The summed E-state index contributed by atoms with van der Waals surface area (Å²) in [5, 5.41) is 11.5. The van der Waals surface area contributed by atoms with Crippen molar-refractivity contribution in [1.29, 1.82) is 0 Å². The summed E-state index contributed by atoms with van der Waals surface area (Å²) in [6.45, 7) is 1.56. The van der Waals surface area contributed by atoms with Crippen molar-refractivity contribution in [2.24, 2.45) is 0 Å². The smallest absolute Gasteiger partial charge is 0.416 e. The molecular weight excluding hydrogens is 290 g/mol. The molecule has 0 aliphatic rings. The molecule has 0 unspecified atom stereocenters. The third kappa shape index (κ3) is 3.82. The summed E-state index contributed by atoms with van der Waals surface area (Å²) in [4.78, 5) is 24.5. The molecule has 5 nitrogen and oxygen atoms in total. The van der Waals surface area contributed by atoms with Crippen molar-refractivity contribution < 1.29 is 19.4 Å². The van der Waals surface area contributed by atoms with Gasteiger partial charge in [0.1, 0.15) is 17.6 Å². The summed E-state index contributed by atoms with van der Waals surface area (Å²) in [5.74, 6) is -1.08. The normalized spacial score (nSPS) is 11.7. The maximum absolute atomic E-state index is 12.2. The van der Waals surface area contributed by atoms with Crippen molar-refractivity contribution in [3.63, 3.8) is 0 Å². The van der Waals surface area contributed by atoms with Crippen LogP contribution < -0.4 is 4.90 Å². The molecule has 0 bridgehead atoms. The number of hydrogen-bond donors (Lipinski definition) is 1. The monoisotopic (exact) mass is 305 g/mol. The molecule has 0 fully saturated rings. The summed E-state index contributed by atoms with van der Waals surface area (Å²) in [6, 6.07) is 11.7. The molecule has 2 aromatic rings. The van der Waals surface area contributed by atoms with Gasteiger partial charge in [-0.3, -0.25) is 4.90 Å². The fourth-order valence-electron chi connectivity index (χ4n) is 1.75. The Labute approximate surface area is 126 Å². The lowest BCUT2D eigenvalue weighted by atomic mass is 10.2. The first-order valence-electron chi connectivity index (χ1n) is 6.36. The lowest BCUT2D eigenvalue weighted by molar-refractivity contribution is -0.138. The second-order valence-electron chi connectivity index (χ2n) is 4.38. The van der Waals surface area contributed by atoms with Gasteiger partial charge < -0.3 is 9.84 Å². The van der Waals surface area contributed by atoms with Crippen LogP contribution in [-0.4, -0.2) is 23.2 Å². The molecule has 0 saturated carbocycles. The molecule has 0 saturated heterocycles. The van der Waals surface area contributed by atoms with E-state index in [0.717, 1.165) is 10.5 Å². The highest BCUT2D eigenvalue weighted by Crippen LogP contribution is 2.24. The molecule has 1 heterocycles. The number of benzene rings is 1. The molecule has 2 rings (SSSR count). The lowest BCUT2D eigenvalue weighted by Crippen LogP contribution is -2.43. The predicted molar refractivity (Wildman–Crippen MR) is 80.5 cm³/mol. The van der Waals surface area contributed by atoms with E-state index in [9.17, 15) is 9.59 Å². The number of nitrogens with zero attached hydrogens (tertiary/aromatic N) is 1. The number of aliphatic carboxylic acids is 1. The Kier molecular flexibility index (Phi) is 4.94. The summed E-state index contributed by atoms with van der Waals surface area (Å²) in [5.41, 5.74) is 0.847. The van der Waals surface area contributed by atoms with Gasteiger partial charge in [-0.2, -0.15) is 0 Å². The number of carbonyl (C=O) groups excluding carboxylic acids is 1. The van der Waals surface area contributed by atoms with Crippen molar-refractivity contribution >= 4 is 28.4 Å². The van der Waals surface area contributed by atoms with Crippen molar-refractivity contribution in [3.05, 3.63) is 53.4 Å². The first-order valence-corrected chi connectivity index (χ1v) is 7.24. The van der Waals surface area contributed by atoms with Gasteiger partial charge in [-0.05, 0) is 30.0 Å². The Balaban J connectivity index is 2.10. The van der Waals surface area contributed by atoms with Crippen molar-refractivity contribution in [1.82, 2.24) is 0 Å². The van der Waals surface area contributed by atoms with Crippen LogP contribution in [0.4, 0.5) is 9.80 Å². The molecule has 0 radical (unpaired) electrons. The molecule has 1 atom stereocenters. The Hall–Kier alpha value is -2.34. The highest BCUT2D eigenvalue weighted by Gasteiger charge is 2.29. The molecular formula is C15H15NO4S. The minimum Gasteiger partial charge on any atom is -0.480 e. The molecule has 1 aromatic heterocycles. The molecule has 1 aromatic carbocycles. The summed E-state index contributed by atoms with van der Waals surface area (Å²) in [6.07, 6.45) is -0.670. The molecule has 6 heteroatoms. The highest BCUT2D eigenvalue weighted by molar-refractivity contribution is 7.14. The van der Waals surface area contributed by atoms with Gasteiger partial charge in [0.25, 0.3) is 0 Å². The zero-order valence-corrected chi connectivity index (χ0v) is 12.2. The van der Waals surface area contributed by atoms with Crippen LogP contribution in [0.1, 0.15) is 12.5 Å². The number of thiophene rings is 1. The van der Waals surface area contributed by atoms with Gasteiger partial charge in [0, 0.05) is 0 Å². The third-order valence-corrected chi connectivity index (χ3v) is 3.76. The Morgan fingerprint density at radius 3 is 2.52 bits per heavy atom. The molecule has 0 spiro atoms. The number of amides is 1. The number of hydrogen-bond acceptors (Lipinski definition) is 4. The largest absolute Gasteiger partial charge is 0.480 e. The first kappa shape index (κ1) is 15.1. The van der Waals surface area contributed by atoms with E-state index in [2.05, 4.69) is 0 Å². The lowest BCUT2D eigenvalue weighted by Gasteiger charge is -2.24. The van der Waals surface area contributed by atoms with Crippen LogP contribution in [-0.2, 0) is 16.1 Å². The second-order valence-corrected chi connectivity index (χ2v) is 5.30. The number of carboxylic acids is 1. The van der Waals surface area contributed by atoms with Crippen LogP contribution in [0.15, 0.2) is 47.8 Å². The molecule has 0 aliphatic heterocycles. The number of anilines is 1. The SMILES string of the molecule is C[C@@H](C(=O)O)N(C(=O)OCc1ccccc1)c1cccs1. The van der Waals surface area contributed by atoms with Crippen molar-refractivity contribution in [3.8, 4) is 0 Å². The minimum atomic E-state index is -1.08. The van der Waals surface area contributed by atoms with E-state index >= 15 is 0 Å². The molecule has 110 valence electrons. The fraction of sp³-hybridized carbons (Fsp3) is 0.200. The van der Waals surface area contributed by atoms with E-state index in [1.807, 2.05) is 30.3 Å². The van der Waals surface area contributed by atoms with E-state index in [1.165, 1.54) is 18.3 Å². The Morgan fingerprint density at radius 2 is 1.95 bits per heavy atom. The topological polar surface area (TPSA) is 66.8 Å². The zero-order valence-electron chi connectivity index (χ0n) is 11.4. The summed E-state index contributed by atoms with van der Waals surface area (Å²) >= 11 is 1.29. The maximum atomic E-state index is 12.2. The summed E-state index contributed by atoms with van der Waals surface area (Å²) in [7, 11) is 0. The van der Waals surface area contributed by atoms with Gasteiger partial charge in [-0.25, -0.2) is 9.59 Å². The average Bonchev–Trinajstić information content (AvgIpc) is 3.00. The standard InChI is InChI=1S/C15H15NO4S/c1-11(14(17)18)16(13-8-5-9-21-13)15(19)20-10-12-6-3-2-4-7-12/h2-9,11H,10H2,1H3,(H,17,18)/t11-/m0/s1. The van der Waals surface area contributed by atoms with Crippen LogP contribution in [0, 0.1) is 0 Å². The van der Waals surface area contributed by atoms with Crippen LogP contribution in [0.2, 0.25) is 0 Å². The fourth-order valence-corrected chi connectivity index (χ4v) is 2.55. The number of rotatable bonds is 5. The summed E-state index contributed by atoms with van der Waals surface area (Å²) < 4.78 is 5.22. The van der Waals surface area contributed by atoms with Gasteiger partial charge in [-0.15, -0.1) is 11.3 Å². The first-order chi connectivity index (χ1) is 10.1. The molecule has 0 aliphatic carbocycles. The van der Waals surface area contributed by atoms with Gasteiger partial charge in [0.2, 0.25) is 0 Å². The van der Waals surface area contributed by atoms with Crippen LogP contribution in [0.25, 0.3) is 0 Å². The minimum absolute atomic E-state index is 0.105. The van der Waals surface area contributed by atoms with Crippen LogP contribution in [0.3, 0.4) is 0 Å².